The number of hydrogen-bond donors (Lipinski definition) is 0. The molecule has 3 nitrogen and oxygen atoms in total. The molecule has 0 fully saturated rings. The second-order valence-corrected chi connectivity index (χ2v) is 4.13. The van der Waals surface area contributed by atoms with Crippen molar-refractivity contribution in [2.45, 2.75) is 0 Å². The van der Waals surface area contributed by atoms with Crippen LogP contribution in [0, 0.1) is 0 Å². The maximum atomic E-state index is 5.84. The first-order chi connectivity index (χ1) is 6.52. The van der Waals surface area contributed by atoms with Crippen molar-refractivity contribution < 1.29 is 0 Å². The molecule has 8 heteroatoms. The molecule has 2 aromatic heterocycles. The Morgan fingerprint density at radius 3 is 1.79 bits per heavy atom. The Kier molecular flexibility index (Phi) is 2.70. The van der Waals surface area contributed by atoms with Crippen LogP contribution in [0.4, 0.5) is 0 Å². The topological polar surface area (TPSA) is 30.2 Å². The van der Waals surface area contributed by atoms with E-state index < -0.39 is 0 Å². The fourth-order valence-electron chi connectivity index (χ4n) is 0.966. The lowest BCUT2D eigenvalue weighted by Crippen LogP contribution is -1.92. The summed E-state index contributed by atoms with van der Waals surface area (Å²) in [6.07, 6.45) is 0. The molecule has 0 aliphatic rings. The predicted molar refractivity (Wildman–Crippen MR) is 58.0 cm³/mol. The van der Waals surface area contributed by atoms with Gasteiger partial charge in [-0.05, 0) is 0 Å². The zero-order valence-electron chi connectivity index (χ0n) is 6.23. The molecule has 0 atom stereocenters. The fraction of sp³-hybridized carbons (Fsp3) is 0. The summed E-state index contributed by atoms with van der Waals surface area (Å²) in [7, 11) is 0. The van der Waals surface area contributed by atoms with Gasteiger partial charge in [-0.25, -0.2) is 9.97 Å². The molecular weight excluding hydrogens is 291 g/mol. The molecule has 0 aliphatic carbocycles. The van der Waals surface area contributed by atoms with Crippen molar-refractivity contribution in [2.75, 3.05) is 0 Å². The maximum Gasteiger partial charge on any atom is 0.178 e. The highest BCUT2D eigenvalue weighted by atomic mass is 35.5. The van der Waals surface area contributed by atoms with Gasteiger partial charge in [0.2, 0.25) is 0 Å². The first-order valence-corrected chi connectivity index (χ1v) is 5.15. The van der Waals surface area contributed by atoms with Gasteiger partial charge in [0.1, 0.15) is 0 Å². The number of nitrogens with zero attached hydrogens (tertiary/aromatic N) is 3. The Labute approximate surface area is 104 Å². The third-order valence-corrected chi connectivity index (χ3v) is 3.20. The van der Waals surface area contributed by atoms with Crippen LogP contribution in [0.25, 0.3) is 5.65 Å². The molecule has 0 amide bonds. The quantitative estimate of drug-likeness (QED) is 0.734. The van der Waals surface area contributed by atoms with Crippen LogP contribution < -0.4 is 0 Å². The Morgan fingerprint density at radius 1 is 0.714 bits per heavy atom. The van der Waals surface area contributed by atoms with E-state index in [1.807, 2.05) is 0 Å². The van der Waals surface area contributed by atoms with E-state index in [0.717, 1.165) is 0 Å². The summed E-state index contributed by atoms with van der Waals surface area (Å²) < 4.78 is 1.32. The van der Waals surface area contributed by atoms with Crippen LogP contribution in [0.1, 0.15) is 0 Å². The van der Waals surface area contributed by atoms with Gasteiger partial charge in [0.05, 0.1) is 0 Å². The predicted octanol–water partition coefficient (Wildman–Crippen LogP) is 4.00. The van der Waals surface area contributed by atoms with Gasteiger partial charge in [-0.3, -0.25) is 4.40 Å². The van der Waals surface area contributed by atoms with Crippen molar-refractivity contribution >= 4 is 63.7 Å². The van der Waals surface area contributed by atoms with Crippen molar-refractivity contribution in [2.24, 2.45) is 0 Å². The standard InChI is InChI=1S/C6Cl5N3/c7-1-4(10)14-5(11)2(8)13-6(14)3(9)12-1. The number of halogens is 5. The van der Waals surface area contributed by atoms with Crippen molar-refractivity contribution in [3.05, 3.63) is 25.8 Å². The summed E-state index contributed by atoms with van der Waals surface area (Å²) >= 11 is 28.8. The molecule has 0 aliphatic heterocycles. The van der Waals surface area contributed by atoms with E-state index in [-0.39, 0.29) is 31.4 Å². The van der Waals surface area contributed by atoms with Crippen molar-refractivity contribution in [3.8, 4) is 0 Å². The summed E-state index contributed by atoms with van der Waals surface area (Å²) in [6, 6.07) is 0. The summed E-state index contributed by atoms with van der Waals surface area (Å²) in [5, 5.41) is 0.501. The number of aromatic nitrogens is 3. The van der Waals surface area contributed by atoms with Gasteiger partial charge in [0, 0.05) is 0 Å². The van der Waals surface area contributed by atoms with E-state index in [2.05, 4.69) is 9.97 Å². The lowest BCUT2D eigenvalue weighted by atomic mass is 10.7. The second kappa shape index (κ2) is 3.58. The van der Waals surface area contributed by atoms with Crippen molar-refractivity contribution in [1.29, 1.82) is 0 Å². The Balaban J connectivity index is 3.03. The molecule has 2 heterocycles. The van der Waals surface area contributed by atoms with E-state index in [1.54, 1.807) is 0 Å². The van der Waals surface area contributed by atoms with Gasteiger partial charge in [0.15, 0.2) is 31.4 Å². The summed E-state index contributed by atoms with van der Waals surface area (Å²) in [4.78, 5) is 7.63. The highest BCUT2D eigenvalue weighted by Gasteiger charge is 2.17. The van der Waals surface area contributed by atoms with Gasteiger partial charge < -0.3 is 0 Å². The van der Waals surface area contributed by atoms with Crippen molar-refractivity contribution in [1.82, 2.24) is 14.4 Å². The van der Waals surface area contributed by atoms with E-state index in [9.17, 15) is 0 Å². The average molecular weight is 291 g/mol. The zero-order valence-corrected chi connectivity index (χ0v) is 10.0. The SMILES string of the molecule is Clc1nc(Cl)c2nc(Cl)c(Cl)n2c1Cl. The van der Waals surface area contributed by atoms with Gasteiger partial charge >= 0.3 is 0 Å². The van der Waals surface area contributed by atoms with E-state index in [4.69, 9.17) is 58.0 Å². The first kappa shape index (κ1) is 10.6. The summed E-state index contributed by atoms with van der Waals surface area (Å²) in [6.45, 7) is 0. The summed E-state index contributed by atoms with van der Waals surface area (Å²) in [5.41, 5.74) is 0.274. The molecule has 0 N–H and O–H groups in total. The molecule has 0 unspecified atom stereocenters. The lowest BCUT2D eigenvalue weighted by Gasteiger charge is -2.01. The highest BCUT2D eigenvalue weighted by molar-refractivity contribution is 6.44. The monoisotopic (exact) mass is 289 g/mol. The molecule has 74 valence electrons. The Morgan fingerprint density at radius 2 is 1.21 bits per heavy atom. The van der Waals surface area contributed by atoms with Gasteiger partial charge in [0.25, 0.3) is 0 Å². The number of rotatable bonds is 0. The molecule has 0 aromatic carbocycles. The van der Waals surface area contributed by atoms with Crippen LogP contribution in [-0.4, -0.2) is 14.4 Å². The average Bonchev–Trinajstić information content (AvgIpc) is 2.41. The number of hydrogen-bond acceptors (Lipinski definition) is 2. The van der Waals surface area contributed by atoms with Crippen LogP contribution in [0.15, 0.2) is 0 Å². The molecule has 0 radical (unpaired) electrons. The minimum absolute atomic E-state index is 0.0418. The molecule has 0 spiro atoms. The Hall–Kier alpha value is 0.0700. The zero-order chi connectivity index (χ0) is 10.5. The smallest absolute Gasteiger partial charge is 0.178 e. The molecule has 2 rings (SSSR count). The lowest BCUT2D eigenvalue weighted by molar-refractivity contribution is 1.13. The van der Waals surface area contributed by atoms with Gasteiger partial charge in [-0.2, -0.15) is 0 Å². The molecule has 0 saturated heterocycles. The van der Waals surface area contributed by atoms with E-state index >= 15 is 0 Å². The molecule has 0 saturated carbocycles. The minimum atomic E-state index is 0.0418. The third kappa shape index (κ3) is 1.44. The van der Waals surface area contributed by atoms with Crippen LogP contribution in [-0.2, 0) is 0 Å². The minimum Gasteiger partial charge on any atom is -0.267 e. The highest BCUT2D eigenvalue weighted by Crippen LogP contribution is 2.32. The van der Waals surface area contributed by atoms with E-state index in [0.29, 0.717) is 0 Å². The third-order valence-electron chi connectivity index (χ3n) is 1.53. The van der Waals surface area contributed by atoms with Gasteiger partial charge in [-0.15, -0.1) is 0 Å². The fourth-order valence-corrected chi connectivity index (χ4v) is 2.01. The van der Waals surface area contributed by atoms with Crippen LogP contribution in [0.2, 0.25) is 25.8 Å². The number of fused-ring (bicyclic) bond motifs is 1. The number of imidazole rings is 1. The molecular formula is C6Cl5N3. The van der Waals surface area contributed by atoms with Crippen LogP contribution in [0.5, 0.6) is 0 Å². The summed E-state index contributed by atoms with van der Waals surface area (Å²) in [5.74, 6) is 0. The normalized spacial score (nSPS) is 11.2. The largest absolute Gasteiger partial charge is 0.267 e. The molecule has 2 aromatic rings. The molecule has 14 heavy (non-hydrogen) atoms. The van der Waals surface area contributed by atoms with Crippen LogP contribution in [0.3, 0.4) is 0 Å². The second-order valence-electron chi connectivity index (χ2n) is 2.34. The molecule has 0 bridgehead atoms. The maximum absolute atomic E-state index is 5.84. The Bertz CT molecular complexity index is 520. The van der Waals surface area contributed by atoms with Crippen LogP contribution >= 0.6 is 58.0 Å². The van der Waals surface area contributed by atoms with E-state index in [1.165, 1.54) is 4.40 Å². The van der Waals surface area contributed by atoms with Gasteiger partial charge in [-0.1, -0.05) is 58.0 Å². The first-order valence-electron chi connectivity index (χ1n) is 3.26. The van der Waals surface area contributed by atoms with Crippen molar-refractivity contribution in [3.63, 3.8) is 0 Å².